The molecule has 2 aromatic rings. The fraction of sp³-hybridized carbons (Fsp3) is 0.467. The van der Waals surface area contributed by atoms with Crippen LogP contribution in [0.5, 0.6) is 0 Å². The minimum Gasteiger partial charge on any atom is -0.439 e. The molecule has 2 saturated heterocycles. The van der Waals surface area contributed by atoms with Gasteiger partial charge in [0, 0.05) is 32.1 Å². The number of anilines is 1. The molecule has 1 amide bonds. The molecule has 0 bridgehead atoms. The predicted molar refractivity (Wildman–Crippen MR) is 78.4 cm³/mol. The Morgan fingerprint density at radius 1 is 1.38 bits per heavy atom. The molecule has 6 nitrogen and oxygen atoms in total. The normalized spacial score (nSPS) is 23.0. The Balaban J connectivity index is 1.50. The van der Waals surface area contributed by atoms with Crippen LogP contribution in [0.25, 0.3) is 11.1 Å². The van der Waals surface area contributed by atoms with E-state index in [1.807, 2.05) is 23.1 Å². The molecular formula is C15H18N4O2. The fourth-order valence-corrected chi connectivity index (χ4v) is 3.35. The maximum Gasteiger partial charge on any atom is 0.222 e. The average Bonchev–Trinajstić information content (AvgIpc) is 3.04. The molecule has 6 heteroatoms. The number of hydrogen-bond donors (Lipinski definition) is 1. The standard InChI is InChI=1S/C15H18N4O2/c16-11-2-1-3-12-15(11)17-13(21-12)9-18-6-7-19-10(8-18)4-5-14(19)20/h1-3,10H,4-9,16H2. The molecule has 1 atom stereocenters. The van der Waals surface area contributed by atoms with Crippen molar-refractivity contribution in [2.45, 2.75) is 25.4 Å². The molecule has 0 saturated carbocycles. The highest BCUT2D eigenvalue weighted by molar-refractivity contribution is 5.85. The van der Waals surface area contributed by atoms with Crippen molar-refractivity contribution in [1.29, 1.82) is 0 Å². The van der Waals surface area contributed by atoms with Crippen molar-refractivity contribution in [3.8, 4) is 0 Å². The number of carbonyl (C=O) groups excluding carboxylic acids is 1. The van der Waals surface area contributed by atoms with Crippen molar-refractivity contribution in [1.82, 2.24) is 14.8 Å². The van der Waals surface area contributed by atoms with Gasteiger partial charge in [-0.1, -0.05) is 6.07 Å². The summed E-state index contributed by atoms with van der Waals surface area (Å²) >= 11 is 0. The van der Waals surface area contributed by atoms with E-state index in [-0.39, 0.29) is 0 Å². The summed E-state index contributed by atoms with van der Waals surface area (Å²) in [6, 6.07) is 5.95. The molecule has 4 rings (SSSR count). The van der Waals surface area contributed by atoms with E-state index in [4.69, 9.17) is 10.2 Å². The molecule has 2 aliphatic heterocycles. The smallest absolute Gasteiger partial charge is 0.222 e. The Morgan fingerprint density at radius 3 is 3.14 bits per heavy atom. The molecule has 110 valence electrons. The number of nitrogens with two attached hydrogens (primary N) is 1. The van der Waals surface area contributed by atoms with Gasteiger partial charge in [-0.05, 0) is 18.6 Å². The number of carbonyl (C=O) groups is 1. The Kier molecular flexibility index (Phi) is 2.85. The molecule has 2 N–H and O–H groups in total. The molecule has 1 unspecified atom stereocenters. The lowest BCUT2D eigenvalue weighted by Crippen LogP contribution is -2.50. The highest BCUT2D eigenvalue weighted by Crippen LogP contribution is 2.25. The third-order valence-corrected chi connectivity index (χ3v) is 4.43. The minimum absolute atomic E-state index is 0.300. The monoisotopic (exact) mass is 286 g/mol. The molecular weight excluding hydrogens is 268 g/mol. The number of aromatic nitrogens is 1. The first-order valence-electron chi connectivity index (χ1n) is 7.36. The van der Waals surface area contributed by atoms with Crippen molar-refractivity contribution >= 4 is 22.7 Å². The number of hydrogen-bond acceptors (Lipinski definition) is 5. The number of rotatable bonds is 2. The molecule has 0 aliphatic carbocycles. The topological polar surface area (TPSA) is 75.6 Å². The third-order valence-electron chi connectivity index (χ3n) is 4.43. The van der Waals surface area contributed by atoms with Crippen molar-refractivity contribution in [3.63, 3.8) is 0 Å². The Labute approximate surface area is 122 Å². The van der Waals surface area contributed by atoms with E-state index in [1.54, 1.807) is 0 Å². The first-order chi connectivity index (χ1) is 10.2. The zero-order valence-electron chi connectivity index (χ0n) is 11.8. The van der Waals surface area contributed by atoms with Crippen LogP contribution in [0.3, 0.4) is 0 Å². The molecule has 0 radical (unpaired) electrons. The largest absolute Gasteiger partial charge is 0.439 e. The van der Waals surface area contributed by atoms with Crippen LogP contribution < -0.4 is 5.73 Å². The van der Waals surface area contributed by atoms with Crippen molar-refractivity contribution in [2.75, 3.05) is 25.4 Å². The predicted octanol–water partition coefficient (Wildman–Crippen LogP) is 1.22. The van der Waals surface area contributed by atoms with Gasteiger partial charge in [-0.3, -0.25) is 9.69 Å². The summed E-state index contributed by atoms with van der Waals surface area (Å²) in [7, 11) is 0. The number of amides is 1. The molecule has 21 heavy (non-hydrogen) atoms. The molecule has 0 spiro atoms. The van der Waals surface area contributed by atoms with Gasteiger partial charge in [-0.25, -0.2) is 4.98 Å². The van der Waals surface area contributed by atoms with E-state index in [1.165, 1.54) is 0 Å². The Hall–Kier alpha value is -2.08. The SMILES string of the molecule is Nc1cccc2oc(CN3CCN4C(=O)CCC4C3)nc12. The molecule has 2 fully saturated rings. The maximum atomic E-state index is 11.7. The van der Waals surface area contributed by atoms with E-state index < -0.39 is 0 Å². The number of nitrogens with zero attached hydrogens (tertiary/aromatic N) is 3. The summed E-state index contributed by atoms with van der Waals surface area (Å²) < 4.78 is 5.77. The summed E-state index contributed by atoms with van der Waals surface area (Å²) in [5.74, 6) is 0.995. The summed E-state index contributed by atoms with van der Waals surface area (Å²) in [5.41, 5.74) is 8.03. The number of fused-ring (bicyclic) bond motifs is 2. The van der Waals surface area contributed by atoms with Crippen molar-refractivity contribution in [2.24, 2.45) is 0 Å². The molecule has 3 heterocycles. The highest BCUT2D eigenvalue weighted by atomic mass is 16.3. The van der Waals surface area contributed by atoms with Gasteiger partial charge < -0.3 is 15.1 Å². The number of oxazole rings is 1. The van der Waals surface area contributed by atoms with E-state index >= 15 is 0 Å². The summed E-state index contributed by atoms with van der Waals surface area (Å²) in [6.07, 6.45) is 1.66. The first kappa shape index (κ1) is 12.6. The van der Waals surface area contributed by atoms with Gasteiger partial charge in [0.2, 0.25) is 11.8 Å². The minimum atomic E-state index is 0.300. The summed E-state index contributed by atoms with van der Waals surface area (Å²) in [4.78, 5) is 20.5. The number of nitrogen functional groups attached to an aromatic ring is 1. The second kappa shape index (κ2) is 4.73. The third kappa shape index (κ3) is 2.15. The van der Waals surface area contributed by atoms with Gasteiger partial charge >= 0.3 is 0 Å². The Morgan fingerprint density at radius 2 is 2.29 bits per heavy atom. The van der Waals surface area contributed by atoms with E-state index in [2.05, 4.69) is 9.88 Å². The second-order valence-corrected chi connectivity index (χ2v) is 5.82. The number of benzene rings is 1. The lowest BCUT2D eigenvalue weighted by atomic mass is 10.1. The quantitative estimate of drug-likeness (QED) is 0.840. The van der Waals surface area contributed by atoms with E-state index in [0.29, 0.717) is 36.5 Å². The Bertz CT molecular complexity index is 696. The summed E-state index contributed by atoms with van der Waals surface area (Å²) in [5, 5.41) is 0. The molecule has 2 aliphatic rings. The first-order valence-corrected chi connectivity index (χ1v) is 7.36. The van der Waals surface area contributed by atoms with E-state index in [0.717, 1.165) is 37.2 Å². The number of para-hydroxylation sites is 1. The van der Waals surface area contributed by atoms with E-state index in [9.17, 15) is 4.79 Å². The maximum absolute atomic E-state index is 11.7. The van der Waals surface area contributed by atoms with Crippen LogP contribution in [0, 0.1) is 0 Å². The van der Waals surface area contributed by atoms with Crippen LogP contribution in [0.2, 0.25) is 0 Å². The van der Waals surface area contributed by atoms with Crippen molar-refractivity contribution < 1.29 is 9.21 Å². The van der Waals surface area contributed by atoms with Crippen LogP contribution in [-0.2, 0) is 11.3 Å². The van der Waals surface area contributed by atoms with Gasteiger partial charge in [0.1, 0.15) is 5.52 Å². The van der Waals surface area contributed by atoms with Crippen molar-refractivity contribution in [3.05, 3.63) is 24.1 Å². The van der Waals surface area contributed by atoms with Gasteiger partial charge in [-0.15, -0.1) is 0 Å². The second-order valence-electron chi connectivity index (χ2n) is 5.82. The van der Waals surface area contributed by atoms with Crippen LogP contribution in [0.15, 0.2) is 22.6 Å². The lowest BCUT2D eigenvalue weighted by Gasteiger charge is -2.36. The zero-order valence-corrected chi connectivity index (χ0v) is 11.8. The van der Waals surface area contributed by atoms with Crippen LogP contribution >= 0.6 is 0 Å². The summed E-state index contributed by atoms with van der Waals surface area (Å²) in [6.45, 7) is 3.26. The lowest BCUT2D eigenvalue weighted by molar-refractivity contribution is -0.130. The average molecular weight is 286 g/mol. The van der Waals surface area contributed by atoms with Crippen LogP contribution in [0.1, 0.15) is 18.7 Å². The molecule has 1 aromatic heterocycles. The fourth-order valence-electron chi connectivity index (χ4n) is 3.35. The van der Waals surface area contributed by atoms with Gasteiger partial charge in [0.15, 0.2) is 5.58 Å². The van der Waals surface area contributed by atoms with Gasteiger partial charge in [-0.2, -0.15) is 0 Å². The zero-order chi connectivity index (χ0) is 14.4. The van der Waals surface area contributed by atoms with Gasteiger partial charge in [0.05, 0.1) is 12.2 Å². The number of piperazine rings is 1. The van der Waals surface area contributed by atoms with Gasteiger partial charge in [0.25, 0.3) is 0 Å². The van der Waals surface area contributed by atoms with Crippen LogP contribution in [-0.4, -0.2) is 46.4 Å². The molecule has 1 aromatic carbocycles. The van der Waals surface area contributed by atoms with Crippen LogP contribution in [0.4, 0.5) is 5.69 Å². The highest BCUT2D eigenvalue weighted by Gasteiger charge is 2.35.